The van der Waals surface area contributed by atoms with Crippen molar-refractivity contribution in [2.45, 2.75) is 33.2 Å². The fourth-order valence-corrected chi connectivity index (χ4v) is 3.85. The van der Waals surface area contributed by atoms with Crippen molar-refractivity contribution < 1.29 is 9.59 Å². The molecule has 3 aromatic heterocycles. The van der Waals surface area contributed by atoms with E-state index in [1.807, 2.05) is 12.3 Å². The first kappa shape index (κ1) is 22.1. The highest BCUT2D eigenvalue weighted by molar-refractivity contribution is 6.35. The fourth-order valence-electron chi connectivity index (χ4n) is 3.85. The van der Waals surface area contributed by atoms with Gasteiger partial charge in [-0.15, -0.1) is 0 Å². The number of amides is 2. The van der Waals surface area contributed by atoms with Gasteiger partial charge in [0.2, 0.25) is 0 Å². The number of benzene rings is 1. The second-order valence-electron chi connectivity index (χ2n) is 7.84. The highest BCUT2D eigenvalue weighted by Gasteiger charge is 2.28. The molecule has 1 aromatic carbocycles. The molecule has 4 aromatic rings. The number of carbonyl (C=O) groups excluding carboxylic acids is 2. The van der Waals surface area contributed by atoms with Gasteiger partial charge in [-0.25, -0.2) is 4.98 Å². The predicted molar refractivity (Wildman–Crippen MR) is 127 cm³/mol. The third kappa shape index (κ3) is 5.03. The Bertz CT molecular complexity index is 1310. The van der Waals surface area contributed by atoms with Crippen molar-refractivity contribution in [3.8, 4) is 0 Å². The molecule has 1 aliphatic rings. The summed E-state index contributed by atoms with van der Waals surface area (Å²) in [4.78, 5) is 34.8. The molecule has 0 spiro atoms. The summed E-state index contributed by atoms with van der Waals surface area (Å²) in [5.41, 5.74) is 4.94. The van der Waals surface area contributed by atoms with E-state index in [0.717, 1.165) is 25.0 Å². The number of aryl methyl sites for hydroxylation is 3. The fraction of sp³-hybridized carbons (Fsp3) is 0.192. The number of rotatable bonds is 5. The molecule has 1 aliphatic heterocycles. The molecule has 2 amide bonds. The molecule has 166 valence electrons. The highest BCUT2D eigenvalue weighted by Crippen LogP contribution is 2.21. The third-order valence-electron chi connectivity index (χ3n) is 5.53. The van der Waals surface area contributed by atoms with Crippen molar-refractivity contribution in [1.82, 2.24) is 24.8 Å². The normalized spacial score (nSPS) is 13.2. The Morgan fingerprint density at radius 1 is 0.909 bits per heavy atom. The van der Waals surface area contributed by atoms with Crippen LogP contribution in [0.4, 0.5) is 0 Å². The summed E-state index contributed by atoms with van der Waals surface area (Å²) in [5, 5.41) is 3.46. The Morgan fingerprint density at radius 2 is 1.73 bits per heavy atom. The minimum absolute atomic E-state index is 0.308. The number of nitrogens with one attached hydrogen (secondary N) is 1. The van der Waals surface area contributed by atoms with E-state index in [-0.39, 0.29) is 5.91 Å². The van der Waals surface area contributed by atoms with Crippen molar-refractivity contribution in [3.05, 3.63) is 95.8 Å². The van der Waals surface area contributed by atoms with Gasteiger partial charge in [-0.3, -0.25) is 24.9 Å². The predicted octanol–water partition coefficient (Wildman–Crippen LogP) is 3.88. The Balaban J connectivity index is 0.000000165. The standard InChI is InChI=1S/C17H18N2.C9H7N3O2/c1-14-13-19(17-16(14)10-5-11-18-17)12-6-9-15-7-3-2-4-8-15;1-5-7(9(14)12-8(5)13)6-4-10-2-3-11-6/h2-5,7-8,10-11,13H,6,9,12H2,1H3;2-4H,1H3,(H,12,13,14). The van der Waals surface area contributed by atoms with Gasteiger partial charge in [0.25, 0.3) is 11.8 Å². The number of carbonyl (C=O) groups is 2. The average molecular weight is 440 g/mol. The van der Waals surface area contributed by atoms with E-state index in [0.29, 0.717) is 16.8 Å². The summed E-state index contributed by atoms with van der Waals surface area (Å²) < 4.78 is 2.27. The lowest BCUT2D eigenvalue weighted by Gasteiger charge is -2.04. The molecular weight excluding hydrogens is 414 g/mol. The van der Waals surface area contributed by atoms with E-state index in [1.54, 1.807) is 6.92 Å². The summed E-state index contributed by atoms with van der Waals surface area (Å²) in [6, 6.07) is 14.8. The zero-order valence-corrected chi connectivity index (χ0v) is 18.7. The molecule has 0 bridgehead atoms. The second kappa shape index (κ2) is 9.99. The van der Waals surface area contributed by atoms with Crippen LogP contribution in [0.3, 0.4) is 0 Å². The van der Waals surface area contributed by atoms with Crippen LogP contribution in [0.2, 0.25) is 0 Å². The molecule has 0 atom stereocenters. The van der Waals surface area contributed by atoms with Crippen LogP contribution in [0.25, 0.3) is 16.6 Å². The molecule has 7 heteroatoms. The Kier molecular flexibility index (Phi) is 6.69. The first-order chi connectivity index (χ1) is 16.0. The van der Waals surface area contributed by atoms with Gasteiger partial charge in [-0.2, -0.15) is 0 Å². The van der Waals surface area contributed by atoms with Crippen molar-refractivity contribution in [1.29, 1.82) is 0 Å². The third-order valence-corrected chi connectivity index (χ3v) is 5.53. The molecule has 5 rings (SSSR count). The Hall–Kier alpha value is -4.13. The van der Waals surface area contributed by atoms with Crippen LogP contribution >= 0.6 is 0 Å². The maximum Gasteiger partial charge on any atom is 0.260 e. The van der Waals surface area contributed by atoms with Gasteiger partial charge >= 0.3 is 0 Å². The summed E-state index contributed by atoms with van der Waals surface area (Å²) >= 11 is 0. The molecule has 1 N–H and O–H groups in total. The van der Waals surface area contributed by atoms with Gasteiger partial charge < -0.3 is 4.57 Å². The first-order valence-electron chi connectivity index (χ1n) is 10.8. The SMILES string of the molecule is CC1=C(c2cnccn2)C(=O)NC1=O.Cc1cn(CCCc2ccccc2)c2ncccc12. The van der Waals surface area contributed by atoms with Gasteiger partial charge in [-0.1, -0.05) is 30.3 Å². The lowest BCUT2D eigenvalue weighted by molar-refractivity contribution is -0.123. The van der Waals surface area contributed by atoms with E-state index < -0.39 is 5.91 Å². The smallest absolute Gasteiger partial charge is 0.260 e. The van der Waals surface area contributed by atoms with E-state index in [4.69, 9.17) is 0 Å². The van der Waals surface area contributed by atoms with E-state index in [2.05, 4.69) is 74.4 Å². The molecule has 0 saturated heterocycles. The van der Waals surface area contributed by atoms with Crippen LogP contribution in [0.5, 0.6) is 0 Å². The number of fused-ring (bicyclic) bond motifs is 1. The van der Waals surface area contributed by atoms with Crippen molar-refractivity contribution in [2.75, 3.05) is 0 Å². The Morgan fingerprint density at radius 3 is 2.42 bits per heavy atom. The number of aromatic nitrogens is 4. The number of hydrogen-bond donors (Lipinski definition) is 1. The highest BCUT2D eigenvalue weighted by atomic mass is 16.2. The van der Waals surface area contributed by atoms with E-state index in [1.165, 1.54) is 35.1 Å². The molecule has 0 saturated carbocycles. The maximum absolute atomic E-state index is 11.3. The van der Waals surface area contributed by atoms with Crippen LogP contribution in [-0.2, 0) is 22.6 Å². The maximum atomic E-state index is 11.3. The van der Waals surface area contributed by atoms with Gasteiger partial charge in [0.15, 0.2) is 0 Å². The monoisotopic (exact) mass is 439 g/mol. The second-order valence-corrected chi connectivity index (χ2v) is 7.84. The number of pyridine rings is 1. The molecule has 33 heavy (non-hydrogen) atoms. The van der Waals surface area contributed by atoms with Crippen LogP contribution in [-0.4, -0.2) is 31.3 Å². The molecule has 4 heterocycles. The van der Waals surface area contributed by atoms with Gasteiger partial charge in [0, 0.05) is 42.3 Å². The molecule has 0 radical (unpaired) electrons. The zero-order valence-electron chi connectivity index (χ0n) is 18.7. The van der Waals surface area contributed by atoms with Crippen LogP contribution in [0.1, 0.15) is 30.2 Å². The van der Waals surface area contributed by atoms with Crippen molar-refractivity contribution in [3.63, 3.8) is 0 Å². The number of nitrogens with zero attached hydrogens (tertiary/aromatic N) is 4. The number of imide groups is 1. The summed E-state index contributed by atoms with van der Waals surface area (Å²) in [5.74, 6) is -0.774. The molecule has 0 fully saturated rings. The molecule has 0 unspecified atom stereocenters. The lowest BCUT2D eigenvalue weighted by Crippen LogP contribution is -2.22. The minimum atomic E-state index is -0.409. The van der Waals surface area contributed by atoms with Crippen molar-refractivity contribution in [2.24, 2.45) is 0 Å². The largest absolute Gasteiger partial charge is 0.332 e. The first-order valence-corrected chi connectivity index (χ1v) is 10.8. The van der Waals surface area contributed by atoms with Crippen LogP contribution < -0.4 is 5.32 Å². The van der Waals surface area contributed by atoms with Crippen LogP contribution in [0, 0.1) is 6.92 Å². The number of hydrogen-bond acceptors (Lipinski definition) is 5. The lowest BCUT2D eigenvalue weighted by atomic mass is 10.1. The zero-order chi connectivity index (χ0) is 23.2. The average Bonchev–Trinajstić information content (AvgIpc) is 3.30. The van der Waals surface area contributed by atoms with Gasteiger partial charge in [0.1, 0.15) is 5.65 Å². The summed E-state index contributed by atoms with van der Waals surface area (Å²) in [6.07, 6.45) is 10.8. The summed E-state index contributed by atoms with van der Waals surface area (Å²) in [7, 11) is 0. The van der Waals surface area contributed by atoms with Crippen LogP contribution in [0.15, 0.2) is 79.0 Å². The van der Waals surface area contributed by atoms with E-state index >= 15 is 0 Å². The quantitative estimate of drug-likeness (QED) is 0.477. The molecular formula is C26H25N5O2. The minimum Gasteiger partial charge on any atom is -0.332 e. The topological polar surface area (TPSA) is 89.8 Å². The Labute approximate surface area is 192 Å². The van der Waals surface area contributed by atoms with Crippen molar-refractivity contribution >= 4 is 28.4 Å². The van der Waals surface area contributed by atoms with E-state index in [9.17, 15) is 9.59 Å². The molecule has 0 aliphatic carbocycles. The summed E-state index contributed by atoms with van der Waals surface area (Å²) in [6.45, 7) is 4.76. The molecule has 7 nitrogen and oxygen atoms in total. The van der Waals surface area contributed by atoms with Gasteiger partial charge in [-0.05, 0) is 49.9 Å². The van der Waals surface area contributed by atoms with Gasteiger partial charge in [0.05, 0.1) is 17.5 Å².